The molecular formula is C17H23N3S. The number of fused-ring (bicyclic) bond motifs is 1. The third-order valence-corrected chi connectivity index (χ3v) is 5.78. The van der Waals surface area contributed by atoms with Crippen molar-refractivity contribution in [1.29, 1.82) is 5.26 Å². The molecule has 0 aliphatic heterocycles. The average Bonchev–Trinajstić information content (AvgIpc) is 2.94. The molecule has 0 amide bonds. The molecule has 1 aromatic rings. The SMILES string of the molecule is CCSC1CCC(Nc2nc3c(cc2C#N)CCCC3)C1. The highest BCUT2D eigenvalue weighted by Crippen LogP contribution is 2.32. The summed E-state index contributed by atoms with van der Waals surface area (Å²) < 4.78 is 0. The summed E-state index contributed by atoms with van der Waals surface area (Å²) in [6.45, 7) is 2.23. The van der Waals surface area contributed by atoms with Gasteiger partial charge in [0.25, 0.3) is 0 Å². The minimum atomic E-state index is 0.482. The van der Waals surface area contributed by atoms with Crippen LogP contribution in [0.1, 0.15) is 55.8 Å². The lowest BCUT2D eigenvalue weighted by atomic mass is 9.95. The van der Waals surface area contributed by atoms with Crippen LogP contribution in [0.4, 0.5) is 5.82 Å². The first-order chi connectivity index (χ1) is 10.3. The van der Waals surface area contributed by atoms with Crippen LogP contribution in [0.25, 0.3) is 0 Å². The molecule has 0 spiro atoms. The highest BCUT2D eigenvalue weighted by molar-refractivity contribution is 7.99. The van der Waals surface area contributed by atoms with E-state index in [1.807, 2.05) is 0 Å². The van der Waals surface area contributed by atoms with Gasteiger partial charge in [-0.2, -0.15) is 17.0 Å². The van der Waals surface area contributed by atoms with Gasteiger partial charge in [0.1, 0.15) is 11.9 Å². The van der Waals surface area contributed by atoms with Gasteiger partial charge in [-0.25, -0.2) is 4.98 Å². The molecule has 1 heterocycles. The van der Waals surface area contributed by atoms with Crippen LogP contribution in [0.15, 0.2) is 6.07 Å². The maximum atomic E-state index is 9.40. The second-order valence-corrected chi connectivity index (χ2v) is 7.62. The quantitative estimate of drug-likeness (QED) is 0.915. The number of rotatable bonds is 4. The molecule has 2 aliphatic rings. The molecule has 0 aromatic carbocycles. The van der Waals surface area contributed by atoms with E-state index in [4.69, 9.17) is 4.98 Å². The molecule has 2 unspecified atom stereocenters. The van der Waals surface area contributed by atoms with E-state index in [1.165, 1.54) is 49.1 Å². The largest absolute Gasteiger partial charge is 0.366 e. The van der Waals surface area contributed by atoms with Crippen LogP contribution < -0.4 is 5.32 Å². The zero-order valence-corrected chi connectivity index (χ0v) is 13.5. The van der Waals surface area contributed by atoms with Gasteiger partial charge in [-0.05, 0) is 62.3 Å². The molecule has 2 atom stereocenters. The Labute approximate surface area is 131 Å². The number of anilines is 1. The topological polar surface area (TPSA) is 48.7 Å². The van der Waals surface area contributed by atoms with Crippen molar-refractivity contribution in [2.24, 2.45) is 0 Å². The van der Waals surface area contributed by atoms with Crippen molar-refractivity contribution in [3.05, 3.63) is 22.9 Å². The molecule has 0 radical (unpaired) electrons. The number of hydrogen-bond acceptors (Lipinski definition) is 4. The van der Waals surface area contributed by atoms with E-state index in [2.05, 4.69) is 36.1 Å². The molecule has 4 heteroatoms. The second-order valence-electron chi connectivity index (χ2n) is 6.04. The van der Waals surface area contributed by atoms with Gasteiger partial charge in [-0.3, -0.25) is 0 Å². The lowest BCUT2D eigenvalue weighted by molar-refractivity contribution is 0.665. The molecule has 1 fully saturated rings. The van der Waals surface area contributed by atoms with E-state index < -0.39 is 0 Å². The summed E-state index contributed by atoms with van der Waals surface area (Å²) in [5.41, 5.74) is 3.22. The molecule has 2 aliphatic carbocycles. The highest BCUT2D eigenvalue weighted by atomic mass is 32.2. The van der Waals surface area contributed by atoms with E-state index in [0.29, 0.717) is 6.04 Å². The number of aromatic nitrogens is 1. The summed E-state index contributed by atoms with van der Waals surface area (Å²) in [7, 11) is 0. The van der Waals surface area contributed by atoms with Crippen LogP contribution in [0.2, 0.25) is 0 Å². The summed E-state index contributed by atoms with van der Waals surface area (Å²) in [6.07, 6.45) is 8.27. The number of pyridine rings is 1. The van der Waals surface area contributed by atoms with Crippen molar-refractivity contribution >= 4 is 17.6 Å². The molecule has 21 heavy (non-hydrogen) atoms. The third-order valence-electron chi connectivity index (χ3n) is 4.55. The summed E-state index contributed by atoms with van der Waals surface area (Å²) in [4.78, 5) is 4.78. The van der Waals surface area contributed by atoms with Gasteiger partial charge in [-0.15, -0.1) is 0 Å². The molecule has 1 N–H and O–H groups in total. The van der Waals surface area contributed by atoms with E-state index in [9.17, 15) is 5.26 Å². The molecular weight excluding hydrogens is 278 g/mol. The number of nitriles is 1. The predicted molar refractivity (Wildman–Crippen MR) is 88.8 cm³/mol. The molecule has 0 bridgehead atoms. The van der Waals surface area contributed by atoms with E-state index in [1.54, 1.807) is 0 Å². The monoisotopic (exact) mass is 301 g/mol. The molecule has 3 nitrogen and oxygen atoms in total. The van der Waals surface area contributed by atoms with Crippen LogP contribution in [-0.4, -0.2) is 22.0 Å². The Hall–Kier alpha value is -1.21. The lowest BCUT2D eigenvalue weighted by Gasteiger charge is -2.19. The molecule has 112 valence electrons. The van der Waals surface area contributed by atoms with Gasteiger partial charge in [0.05, 0.1) is 5.56 Å². The second kappa shape index (κ2) is 6.70. The fourth-order valence-electron chi connectivity index (χ4n) is 3.48. The maximum absolute atomic E-state index is 9.40. The minimum absolute atomic E-state index is 0.482. The van der Waals surface area contributed by atoms with Crippen molar-refractivity contribution in [3.8, 4) is 6.07 Å². The van der Waals surface area contributed by atoms with Gasteiger partial charge in [-0.1, -0.05) is 6.92 Å². The van der Waals surface area contributed by atoms with E-state index in [0.717, 1.165) is 29.5 Å². The maximum Gasteiger partial charge on any atom is 0.144 e. The number of nitrogens with one attached hydrogen (secondary N) is 1. The summed E-state index contributed by atoms with van der Waals surface area (Å²) in [5.74, 6) is 2.02. The van der Waals surface area contributed by atoms with E-state index >= 15 is 0 Å². The van der Waals surface area contributed by atoms with Gasteiger partial charge >= 0.3 is 0 Å². The Morgan fingerprint density at radius 1 is 1.38 bits per heavy atom. The fourth-order valence-corrected chi connectivity index (χ4v) is 4.62. The van der Waals surface area contributed by atoms with Gasteiger partial charge in [0.15, 0.2) is 0 Å². The first kappa shape index (κ1) is 14.7. The Morgan fingerprint density at radius 2 is 2.24 bits per heavy atom. The zero-order chi connectivity index (χ0) is 14.7. The summed E-state index contributed by atoms with van der Waals surface area (Å²) >= 11 is 2.06. The van der Waals surface area contributed by atoms with Crippen molar-refractivity contribution in [1.82, 2.24) is 4.98 Å². The van der Waals surface area contributed by atoms with Crippen LogP contribution in [-0.2, 0) is 12.8 Å². The number of nitrogens with zero attached hydrogens (tertiary/aromatic N) is 2. The average molecular weight is 301 g/mol. The fraction of sp³-hybridized carbons (Fsp3) is 0.647. The van der Waals surface area contributed by atoms with Crippen molar-refractivity contribution < 1.29 is 0 Å². The van der Waals surface area contributed by atoms with Crippen LogP contribution in [0.5, 0.6) is 0 Å². The van der Waals surface area contributed by atoms with Crippen LogP contribution >= 0.6 is 11.8 Å². The first-order valence-corrected chi connectivity index (χ1v) is 9.16. The van der Waals surface area contributed by atoms with Gasteiger partial charge in [0.2, 0.25) is 0 Å². The minimum Gasteiger partial charge on any atom is -0.366 e. The Balaban J connectivity index is 1.74. The Bertz CT molecular complexity index is 550. The number of thioether (sulfide) groups is 1. The summed E-state index contributed by atoms with van der Waals surface area (Å²) in [5, 5.41) is 13.7. The Kier molecular flexibility index (Phi) is 4.70. The normalized spacial score (nSPS) is 24.4. The predicted octanol–water partition coefficient (Wildman–Crippen LogP) is 3.92. The van der Waals surface area contributed by atoms with Crippen molar-refractivity contribution in [3.63, 3.8) is 0 Å². The van der Waals surface area contributed by atoms with E-state index in [-0.39, 0.29) is 0 Å². The Morgan fingerprint density at radius 3 is 3.05 bits per heavy atom. The van der Waals surface area contributed by atoms with Crippen molar-refractivity contribution in [2.45, 2.75) is 63.2 Å². The highest BCUT2D eigenvalue weighted by Gasteiger charge is 2.26. The smallest absolute Gasteiger partial charge is 0.144 e. The first-order valence-electron chi connectivity index (χ1n) is 8.11. The molecule has 1 saturated carbocycles. The third kappa shape index (κ3) is 3.35. The van der Waals surface area contributed by atoms with Crippen LogP contribution in [0, 0.1) is 11.3 Å². The number of aryl methyl sites for hydroxylation is 2. The number of hydrogen-bond donors (Lipinski definition) is 1. The van der Waals surface area contributed by atoms with Gasteiger partial charge in [0, 0.05) is 17.0 Å². The van der Waals surface area contributed by atoms with Gasteiger partial charge < -0.3 is 5.32 Å². The van der Waals surface area contributed by atoms with Crippen LogP contribution in [0.3, 0.4) is 0 Å². The zero-order valence-electron chi connectivity index (χ0n) is 12.7. The molecule has 1 aromatic heterocycles. The molecule has 3 rings (SSSR count). The molecule has 0 saturated heterocycles. The summed E-state index contributed by atoms with van der Waals surface area (Å²) in [6, 6.07) is 4.87. The van der Waals surface area contributed by atoms with Crippen molar-refractivity contribution in [2.75, 3.05) is 11.1 Å². The standard InChI is InChI=1S/C17H23N3S/c1-2-21-15-8-7-14(10-15)19-17-13(11-18)9-12-5-3-4-6-16(12)20-17/h9,14-15H,2-8,10H2,1H3,(H,19,20). The lowest BCUT2D eigenvalue weighted by Crippen LogP contribution is -2.19.